The molecule has 6 unspecified atom stereocenters. The second-order valence-corrected chi connectivity index (χ2v) is 7.30. The van der Waals surface area contributed by atoms with Crippen molar-refractivity contribution < 1.29 is 28.1 Å². The van der Waals surface area contributed by atoms with Crippen LogP contribution in [-0.4, -0.2) is 55.7 Å². The normalized spacial score (nSPS) is 42.4. The Kier molecular flexibility index (Phi) is 4.09. The van der Waals surface area contributed by atoms with Crippen molar-refractivity contribution in [1.82, 2.24) is 0 Å². The molecule has 0 aromatic heterocycles. The molecule has 6 heteroatoms. The quantitative estimate of drug-likeness (QED) is 0.737. The SMILES string of the molecule is COC1C(=O)C(F)CC2(CO2)C1C1(C)OC1CCOc1ccccc1. The Morgan fingerprint density at radius 1 is 1.32 bits per heavy atom. The smallest absolute Gasteiger partial charge is 0.196 e. The van der Waals surface area contributed by atoms with E-state index in [2.05, 4.69) is 0 Å². The van der Waals surface area contributed by atoms with Gasteiger partial charge in [-0.05, 0) is 19.1 Å². The molecule has 2 saturated heterocycles. The third-order valence-electron chi connectivity index (χ3n) is 5.74. The van der Waals surface area contributed by atoms with Crippen LogP contribution in [0.2, 0.25) is 0 Å². The lowest BCUT2D eigenvalue weighted by Crippen LogP contribution is -2.56. The summed E-state index contributed by atoms with van der Waals surface area (Å²) in [6.07, 6.45) is -1.60. The second-order valence-electron chi connectivity index (χ2n) is 7.30. The van der Waals surface area contributed by atoms with E-state index in [1.165, 1.54) is 7.11 Å². The van der Waals surface area contributed by atoms with Gasteiger partial charge in [0.15, 0.2) is 12.0 Å². The Bertz CT molecular complexity index is 646. The average Bonchev–Trinajstić information content (AvgIpc) is 3.51. The Labute approximate surface area is 146 Å². The van der Waals surface area contributed by atoms with E-state index in [1.54, 1.807) is 0 Å². The van der Waals surface area contributed by atoms with E-state index in [4.69, 9.17) is 18.9 Å². The zero-order valence-corrected chi connectivity index (χ0v) is 14.4. The first-order chi connectivity index (χ1) is 12.0. The highest BCUT2D eigenvalue weighted by Gasteiger charge is 2.73. The van der Waals surface area contributed by atoms with Gasteiger partial charge in [-0.2, -0.15) is 0 Å². The van der Waals surface area contributed by atoms with Crippen LogP contribution in [0, 0.1) is 5.92 Å². The molecule has 0 radical (unpaired) electrons. The molecule has 0 bridgehead atoms. The number of Topliss-reactive ketones (excluding diaryl/α,β-unsaturated/α-hetero) is 1. The number of ether oxygens (including phenoxy) is 4. The van der Waals surface area contributed by atoms with E-state index < -0.39 is 29.3 Å². The van der Waals surface area contributed by atoms with Crippen LogP contribution in [0.1, 0.15) is 19.8 Å². The molecule has 1 saturated carbocycles. The first-order valence-electron chi connectivity index (χ1n) is 8.70. The van der Waals surface area contributed by atoms with Gasteiger partial charge in [-0.25, -0.2) is 4.39 Å². The van der Waals surface area contributed by atoms with Crippen LogP contribution in [-0.2, 0) is 19.0 Å². The lowest BCUT2D eigenvalue weighted by molar-refractivity contribution is -0.150. The summed E-state index contributed by atoms with van der Waals surface area (Å²) in [4.78, 5) is 12.2. The van der Waals surface area contributed by atoms with Crippen LogP contribution in [0.15, 0.2) is 30.3 Å². The van der Waals surface area contributed by atoms with Crippen molar-refractivity contribution in [2.24, 2.45) is 5.92 Å². The van der Waals surface area contributed by atoms with Gasteiger partial charge in [0.1, 0.15) is 23.1 Å². The molecule has 136 valence electrons. The number of carbonyl (C=O) groups is 1. The van der Waals surface area contributed by atoms with E-state index in [9.17, 15) is 9.18 Å². The predicted molar refractivity (Wildman–Crippen MR) is 87.3 cm³/mol. The van der Waals surface area contributed by atoms with Gasteiger partial charge in [-0.1, -0.05) is 18.2 Å². The summed E-state index contributed by atoms with van der Waals surface area (Å²) in [5.41, 5.74) is -1.18. The molecule has 6 atom stereocenters. The van der Waals surface area contributed by atoms with Gasteiger partial charge in [0, 0.05) is 20.0 Å². The largest absolute Gasteiger partial charge is 0.493 e. The number of para-hydroxylation sites is 1. The third-order valence-corrected chi connectivity index (χ3v) is 5.74. The summed E-state index contributed by atoms with van der Waals surface area (Å²) in [5.74, 6) is 0.0330. The molecule has 0 N–H and O–H groups in total. The maximum Gasteiger partial charge on any atom is 0.196 e. The van der Waals surface area contributed by atoms with Crippen molar-refractivity contribution in [3.05, 3.63) is 30.3 Å². The van der Waals surface area contributed by atoms with Crippen molar-refractivity contribution in [2.75, 3.05) is 20.3 Å². The summed E-state index contributed by atoms with van der Waals surface area (Å²) in [6, 6.07) is 9.59. The van der Waals surface area contributed by atoms with Gasteiger partial charge >= 0.3 is 0 Å². The number of halogens is 1. The maximum absolute atomic E-state index is 14.0. The maximum atomic E-state index is 14.0. The summed E-state index contributed by atoms with van der Waals surface area (Å²) in [7, 11) is 1.45. The number of ketones is 1. The lowest BCUT2D eigenvalue weighted by Gasteiger charge is -2.38. The summed E-state index contributed by atoms with van der Waals surface area (Å²) < 4.78 is 36.7. The molecule has 1 aromatic carbocycles. The molecule has 1 spiro atoms. The zero-order valence-electron chi connectivity index (χ0n) is 14.4. The van der Waals surface area contributed by atoms with E-state index >= 15 is 0 Å². The standard InChI is InChI=1S/C19H23FO5/c1-18(14(25-18)8-9-23-12-6-4-3-5-7-12)17-16(22-2)15(21)13(20)10-19(17)11-24-19/h3-7,13-14,16-17H,8-11H2,1-2H3. The molecule has 25 heavy (non-hydrogen) atoms. The monoisotopic (exact) mass is 350 g/mol. The Balaban J connectivity index is 1.41. The second kappa shape index (κ2) is 6.04. The lowest BCUT2D eigenvalue weighted by atomic mass is 9.68. The molecule has 3 fully saturated rings. The van der Waals surface area contributed by atoms with Crippen LogP contribution >= 0.6 is 0 Å². The summed E-state index contributed by atoms with van der Waals surface area (Å²) >= 11 is 0. The number of epoxide rings is 2. The fourth-order valence-corrected chi connectivity index (χ4v) is 4.31. The molecule has 2 aliphatic heterocycles. The molecular weight excluding hydrogens is 327 g/mol. The van der Waals surface area contributed by atoms with E-state index in [1.807, 2.05) is 37.3 Å². The summed E-state index contributed by atoms with van der Waals surface area (Å²) in [5, 5.41) is 0. The van der Waals surface area contributed by atoms with Crippen molar-refractivity contribution in [2.45, 2.75) is 49.3 Å². The number of carbonyl (C=O) groups excluding carboxylic acids is 1. The third kappa shape index (κ3) is 2.86. The van der Waals surface area contributed by atoms with Gasteiger partial charge in [0.2, 0.25) is 0 Å². The average molecular weight is 350 g/mol. The zero-order chi connectivity index (χ0) is 17.7. The molecule has 4 rings (SSSR count). The van der Waals surface area contributed by atoms with Crippen molar-refractivity contribution in [3.63, 3.8) is 0 Å². The molecule has 1 aliphatic carbocycles. The highest BCUT2D eigenvalue weighted by atomic mass is 19.1. The number of rotatable bonds is 6. The van der Waals surface area contributed by atoms with Crippen LogP contribution < -0.4 is 4.74 Å². The first kappa shape index (κ1) is 16.9. The van der Waals surface area contributed by atoms with Gasteiger partial charge in [-0.3, -0.25) is 4.79 Å². The minimum atomic E-state index is -1.52. The Morgan fingerprint density at radius 3 is 2.68 bits per heavy atom. The fourth-order valence-electron chi connectivity index (χ4n) is 4.31. The Hall–Kier alpha value is -1.50. The molecule has 0 amide bonds. The van der Waals surface area contributed by atoms with Gasteiger partial charge in [0.25, 0.3) is 0 Å². The van der Waals surface area contributed by atoms with Crippen molar-refractivity contribution in [1.29, 1.82) is 0 Å². The Morgan fingerprint density at radius 2 is 2.04 bits per heavy atom. The van der Waals surface area contributed by atoms with Crippen molar-refractivity contribution >= 4 is 5.78 Å². The summed E-state index contributed by atoms with van der Waals surface area (Å²) in [6.45, 7) is 2.94. The minimum Gasteiger partial charge on any atom is -0.493 e. The van der Waals surface area contributed by atoms with Crippen LogP contribution in [0.5, 0.6) is 5.75 Å². The first-order valence-corrected chi connectivity index (χ1v) is 8.70. The topological polar surface area (TPSA) is 60.6 Å². The molecule has 5 nitrogen and oxygen atoms in total. The highest BCUT2D eigenvalue weighted by Crippen LogP contribution is 2.58. The van der Waals surface area contributed by atoms with Crippen LogP contribution in [0.25, 0.3) is 0 Å². The van der Waals surface area contributed by atoms with Gasteiger partial charge < -0.3 is 18.9 Å². The van der Waals surface area contributed by atoms with Crippen LogP contribution in [0.3, 0.4) is 0 Å². The highest BCUT2D eigenvalue weighted by molar-refractivity contribution is 5.89. The van der Waals surface area contributed by atoms with Gasteiger partial charge in [0.05, 0.1) is 25.2 Å². The number of hydrogen-bond acceptors (Lipinski definition) is 5. The molecule has 1 aromatic rings. The number of methoxy groups -OCH3 is 1. The number of alkyl halides is 1. The molecular formula is C19H23FO5. The van der Waals surface area contributed by atoms with Gasteiger partial charge in [-0.15, -0.1) is 0 Å². The molecule has 2 heterocycles. The van der Waals surface area contributed by atoms with Crippen LogP contribution in [0.4, 0.5) is 4.39 Å². The fraction of sp³-hybridized carbons (Fsp3) is 0.632. The van der Waals surface area contributed by atoms with E-state index in [-0.39, 0.29) is 18.4 Å². The number of benzene rings is 1. The molecule has 3 aliphatic rings. The number of hydrogen-bond donors (Lipinski definition) is 0. The van der Waals surface area contributed by atoms with E-state index in [0.29, 0.717) is 19.6 Å². The van der Waals surface area contributed by atoms with E-state index in [0.717, 1.165) is 5.75 Å². The predicted octanol–water partition coefficient (Wildman–Crippen LogP) is 2.32. The minimum absolute atomic E-state index is 0.0519. The van der Waals surface area contributed by atoms with Crippen molar-refractivity contribution in [3.8, 4) is 5.75 Å².